The average Bonchev–Trinajstić information content (AvgIpc) is 2.94. The van der Waals surface area contributed by atoms with Crippen LogP contribution in [-0.2, 0) is 18.3 Å². The molecule has 0 radical (unpaired) electrons. The van der Waals surface area contributed by atoms with Crippen molar-refractivity contribution in [3.63, 3.8) is 0 Å². The first-order chi connectivity index (χ1) is 11.6. The molecule has 4 heteroatoms. The predicted molar refractivity (Wildman–Crippen MR) is 91.8 cm³/mol. The molecule has 4 aliphatic rings. The fourth-order valence-electron chi connectivity index (χ4n) is 5.85. The molecule has 24 heavy (non-hydrogen) atoms. The van der Waals surface area contributed by atoms with E-state index in [0.717, 1.165) is 37.3 Å². The number of aliphatic hydroxyl groups is 1. The van der Waals surface area contributed by atoms with Crippen molar-refractivity contribution in [1.29, 1.82) is 0 Å². The van der Waals surface area contributed by atoms with Crippen molar-refractivity contribution in [3.8, 4) is 11.5 Å². The summed E-state index contributed by atoms with van der Waals surface area (Å²) in [6.45, 7) is 3.27. The summed E-state index contributed by atoms with van der Waals surface area (Å²) in [5.41, 5.74) is 4.08. The fraction of sp³-hybridized carbons (Fsp3) is 0.600. The van der Waals surface area contributed by atoms with Gasteiger partial charge in [-0.25, -0.2) is 0 Å². The van der Waals surface area contributed by atoms with E-state index in [-0.39, 0.29) is 11.5 Å². The molecule has 1 saturated heterocycles. The van der Waals surface area contributed by atoms with E-state index in [1.54, 1.807) is 7.11 Å². The SMILES string of the molecule is CCc1cc(OC)c2c3c1C[C@@H]1[C@@H]4C=C[C@H](O)[C@H](O2)[C@]34CCN1C. The normalized spacial score (nSPS) is 38.7. The van der Waals surface area contributed by atoms with Gasteiger partial charge in [0.1, 0.15) is 12.2 Å². The van der Waals surface area contributed by atoms with Crippen LogP contribution in [0.2, 0.25) is 0 Å². The maximum absolute atomic E-state index is 10.7. The number of nitrogens with zero attached hydrogens (tertiary/aromatic N) is 1. The summed E-state index contributed by atoms with van der Waals surface area (Å²) in [4.78, 5) is 2.50. The van der Waals surface area contributed by atoms with E-state index in [2.05, 4.69) is 31.0 Å². The number of hydrogen-bond acceptors (Lipinski definition) is 4. The van der Waals surface area contributed by atoms with E-state index in [4.69, 9.17) is 9.47 Å². The van der Waals surface area contributed by atoms with Gasteiger partial charge in [-0.15, -0.1) is 0 Å². The van der Waals surface area contributed by atoms with Crippen LogP contribution in [0.25, 0.3) is 0 Å². The third-order valence-corrected chi connectivity index (χ3v) is 6.96. The van der Waals surface area contributed by atoms with Crippen molar-refractivity contribution < 1.29 is 14.6 Å². The molecular weight excluding hydrogens is 302 g/mol. The molecule has 1 N–H and O–H groups in total. The van der Waals surface area contributed by atoms with Crippen molar-refractivity contribution >= 4 is 0 Å². The van der Waals surface area contributed by atoms with Crippen molar-refractivity contribution in [2.75, 3.05) is 20.7 Å². The van der Waals surface area contributed by atoms with Gasteiger partial charge in [-0.3, -0.25) is 0 Å². The quantitative estimate of drug-likeness (QED) is 0.845. The van der Waals surface area contributed by atoms with Crippen molar-refractivity contribution in [3.05, 3.63) is 34.9 Å². The minimum absolute atomic E-state index is 0.0906. The Kier molecular flexibility index (Phi) is 2.94. The summed E-state index contributed by atoms with van der Waals surface area (Å²) >= 11 is 0. The Balaban J connectivity index is 1.85. The van der Waals surface area contributed by atoms with Crippen LogP contribution in [0.4, 0.5) is 0 Å². The van der Waals surface area contributed by atoms with E-state index >= 15 is 0 Å². The smallest absolute Gasteiger partial charge is 0.166 e. The van der Waals surface area contributed by atoms with E-state index in [1.165, 1.54) is 16.7 Å². The van der Waals surface area contributed by atoms with Gasteiger partial charge in [0.2, 0.25) is 0 Å². The topological polar surface area (TPSA) is 41.9 Å². The Morgan fingerprint density at radius 3 is 3.00 bits per heavy atom. The maximum atomic E-state index is 10.7. The zero-order chi connectivity index (χ0) is 16.6. The average molecular weight is 327 g/mol. The number of likely N-dealkylation sites (N-methyl/N-ethyl adjacent to an activating group) is 1. The number of methoxy groups -OCH3 is 1. The zero-order valence-electron chi connectivity index (χ0n) is 14.6. The standard InChI is InChI=1S/C20H25NO3/c1-4-11-9-16(23-3)18-17-12(11)10-14-13-5-6-15(22)19(24-18)20(13,17)7-8-21(14)2/h5-6,9,13-15,19,22H,4,7-8,10H2,1-3H3/t13-,14+,15-,19-,20-/m0/s1. The van der Waals surface area contributed by atoms with Crippen LogP contribution in [0.1, 0.15) is 30.0 Å². The van der Waals surface area contributed by atoms with Crippen LogP contribution in [0.3, 0.4) is 0 Å². The zero-order valence-corrected chi connectivity index (χ0v) is 14.6. The molecule has 0 saturated carbocycles. The molecule has 5 rings (SSSR count). The molecule has 128 valence electrons. The Hall–Kier alpha value is -1.52. The monoisotopic (exact) mass is 327 g/mol. The highest BCUT2D eigenvalue weighted by atomic mass is 16.5. The van der Waals surface area contributed by atoms with Gasteiger partial charge in [-0.1, -0.05) is 19.1 Å². The first-order valence-corrected chi connectivity index (χ1v) is 9.08. The van der Waals surface area contributed by atoms with Gasteiger partial charge in [0.25, 0.3) is 0 Å². The number of ether oxygens (including phenoxy) is 2. The second kappa shape index (κ2) is 4.77. The molecule has 1 aromatic rings. The van der Waals surface area contributed by atoms with Crippen LogP contribution >= 0.6 is 0 Å². The van der Waals surface area contributed by atoms with Gasteiger partial charge < -0.3 is 19.5 Å². The van der Waals surface area contributed by atoms with Crippen LogP contribution in [0.15, 0.2) is 18.2 Å². The summed E-state index contributed by atoms with van der Waals surface area (Å²) in [5, 5.41) is 10.7. The first-order valence-electron chi connectivity index (χ1n) is 9.08. The summed E-state index contributed by atoms with van der Waals surface area (Å²) in [6.07, 6.45) is 6.58. The molecule has 4 nitrogen and oxygen atoms in total. The molecule has 2 bridgehead atoms. The number of piperidine rings is 1. The largest absolute Gasteiger partial charge is 0.493 e. The van der Waals surface area contributed by atoms with Crippen LogP contribution in [0.5, 0.6) is 11.5 Å². The minimum Gasteiger partial charge on any atom is -0.493 e. The lowest BCUT2D eigenvalue weighted by Crippen LogP contribution is -2.64. The van der Waals surface area contributed by atoms with Crippen molar-refractivity contribution in [2.24, 2.45) is 5.92 Å². The predicted octanol–water partition coefficient (Wildman–Crippen LogP) is 2.06. The number of rotatable bonds is 2. The second-order valence-electron chi connectivity index (χ2n) is 7.76. The number of hydrogen-bond donors (Lipinski definition) is 1. The third kappa shape index (κ3) is 1.52. The van der Waals surface area contributed by atoms with Gasteiger partial charge in [0.15, 0.2) is 11.5 Å². The van der Waals surface area contributed by atoms with Crippen molar-refractivity contribution in [2.45, 2.75) is 49.9 Å². The second-order valence-corrected chi connectivity index (χ2v) is 7.76. The fourth-order valence-corrected chi connectivity index (χ4v) is 5.85. The number of benzene rings is 1. The van der Waals surface area contributed by atoms with Crippen molar-refractivity contribution in [1.82, 2.24) is 4.90 Å². The molecule has 1 fully saturated rings. The Labute approximate surface area is 143 Å². The van der Waals surface area contributed by atoms with E-state index in [0.29, 0.717) is 12.0 Å². The molecule has 1 aromatic carbocycles. The molecular formula is C20H25NO3. The number of aliphatic hydroxyl groups excluding tert-OH is 1. The van der Waals surface area contributed by atoms with Gasteiger partial charge in [-0.2, -0.15) is 0 Å². The number of aryl methyl sites for hydroxylation is 1. The molecule has 2 aliphatic carbocycles. The third-order valence-electron chi connectivity index (χ3n) is 6.96. The van der Waals surface area contributed by atoms with Gasteiger partial charge >= 0.3 is 0 Å². The van der Waals surface area contributed by atoms with Gasteiger partial charge in [0, 0.05) is 22.9 Å². The summed E-state index contributed by atoms with van der Waals surface area (Å²) < 4.78 is 12.1. The summed E-state index contributed by atoms with van der Waals surface area (Å²) in [7, 11) is 3.95. The van der Waals surface area contributed by atoms with Crippen LogP contribution in [-0.4, -0.2) is 49.0 Å². The molecule has 0 amide bonds. The molecule has 0 unspecified atom stereocenters. The van der Waals surface area contributed by atoms with Crippen LogP contribution in [0, 0.1) is 5.92 Å². The minimum atomic E-state index is -0.543. The summed E-state index contributed by atoms with van der Waals surface area (Å²) in [5.74, 6) is 2.14. The lowest BCUT2D eigenvalue weighted by Gasteiger charge is -2.56. The van der Waals surface area contributed by atoms with Crippen LogP contribution < -0.4 is 9.47 Å². The lowest BCUT2D eigenvalue weighted by molar-refractivity contribution is -0.0454. The highest BCUT2D eigenvalue weighted by Gasteiger charge is 2.64. The molecule has 2 aliphatic heterocycles. The Bertz CT molecular complexity index is 743. The van der Waals surface area contributed by atoms with Gasteiger partial charge in [-0.05, 0) is 50.0 Å². The molecule has 2 heterocycles. The number of likely N-dealkylation sites (tertiary alicyclic amines) is 1. The molecule has 5 atom stereocenters. The first kappa shape index (κ1) is 14.8. The van der Waals surface area contributed by atoms with Gasteiger partial charge in [0.05, 0.1) is 7.11 Å². The van der Waals surface area contributed by atoms with E-state index in [9.17, 15) is 5.11 Å². The highest BCUT2D eigenvalue weighted by Crippen LogP contribution is 2.63. The lowest BCUT2D eigenvalue weighted by atomic mass is 9.53. The summed E-state index contributed by atoms with van der Waals surface area (Å²) in [6, 6.07) is 2.64. The maximum Gasteiger partial charge on any atom is 0.166 e. The Morgan fingerprint density at radius 2 is 2.25 bits per heavy atom. The Morgan fingerprint density at radius 1 is 1.42 bits per heavy atom. The molecule has 0 aromatic heterocycles. The van der Waals surface area contributed by atoms with E-state index in [1.807, 2.05) is 6.08 Å². The molecule has 1 spiro atoms. The highest BCUT2D eigenvalue weighted by molar-refractivity contribution is 5.64. The van der Waals surface area contributed by atoms with E-state index < -0.39 is 6.10 Å².